The summed E-state index contributed by atoms with van der Waals surface area (Å²) in [4.78, 5) is 22.4. The van der Waals surface area contributed by atoms with Crippen molar-refractivity contribution < 1.29 is 22.5 Å². The first kappa shape index (κ1) is 27.1. The molecular formula is C25H28ClN5O5S2. The second kappa shape index (κ2) is 10.6. The summed E-state index contributed by atoms with van der Waals surface area (Å²) in [6.07, 6.45) is 2.24. The highest BCUT2D eigenvalue weighted by atomic mass is 35.5. The van der Waals surface area contributed by atoms with Gasteiger partial charge in [0, 0.05) is 30.9 Å². The number of aromatic nitrogens is 2. The predicted octanol–water partition coefficient (Wildman–Crippen LogP) is 2.62. The Hall–Kier alpha value is -2.45. The Morgan fingerprint density at radius 2 is 2.13 bits per heavy atom. The summed E-state index contributed by atoms with van der Waals surface area (Å²) in [6, 6.07) is 7.46. The van der Waals surface area contributed by atoms with E-state index in [9.17, 15) is 18.3 Å². The van der Waals surface area contributed by atoms with Crippen LogP contribution in [-0.4, -0.2) is 61.1 Å². The molecule has 4 atom stereocenters. The van der Waals surface area contributed by atoms with Gasteiger partial charge in [0.25, 0.3) is 0 Å². The molecular weight excluding hydrogens is 550 g/mol. The molecule has 4 N–H and O–H groups in total. The van der Waals surface area contributed by atoms with Gasteiger partial charge < -0.3 is 15.7 Å². The molecule has 2 aliphatic rings. The van der Waals surface area contributed by atoms with Crippen LogP contribution in [0.25, 0.3) is 0 Å². The molecule has 0 saturated heterocycles. The van der Waals surface area contributed by atoms with Gasteiger partial charge in [0.1, 0.15) is 18.2 Å². The molecule has 5 rings (SSSR count). The Bertz CT molecular complexity index is 1470. The number of aliphatic hydroxyl groups excluding tert-OH is 1. The van der Waals surface area contributed by atoms with Crippen LogP contribution in [0.5, 0.6) is 0 Å². The third-order valence-electron chi connectivity index (χ3n) is 7.15. The summed E-state index contributed by atoms with van der Waals surface area (Å²) in [5.41, 5.74) is 3.07. The van der Waals surface area contributed by atoms with Crippen molar-refractivity contribution in [2.75, 3.05) is 18.9 Å². The van der Waals surface area contributed by atoms with E-state index in [1.807, 2.05) is 23.6 Å². The normalized spacial score (nSPS) is 25.2. The van der Waals surface area contributed by atoms with Gasteiger partial charge >= 0.3 is 10.3 Å². The zero-order valence-corrected chi connectivity index (χ0v) is 23.2. The second-order valence-corrected chi connectivity index (χ2v) is 12.4. The van der Waals surface area contributed by atoms with Gasteiger partial charge in [-0.1, -0.05) is 17.7 Å². The minimum absolute atomic E-state index is 0.217. The maximum absolute atomic E-state index is 13.6. The third kappa shape index (κ3) is 5.34. The molecule has 0 unspecified atom stereocenters. The molecule has 1 aliphatic heterocycles. The van der Waals surface area contributed by atoms with Crippen molar-refractivity contribution in [3.63, 3.8) is 0 Å². The number of rotatable bonds is 8. The van der Waals surface area contributed by atoms with Crippen molar-refractivity contribution in [2.24, 2.45) is 0 Å². The Morgan fingerprint density at radius 3 is 2.92 bits per heavy atom. The first-order chi connectivity index (χ1) is 18.1. The van der Waals surface area contributed by atoms with Crippen molar-refractivity contribution >= 4 is 44.8 Å². The highest BCUT2D eigenvalue weighted by Crippen LogP contribution is 2.38. The lowest BCUT2D eigenvalue weighted by atomic mass is 9.79. The van der Waals surface area contributed by atoms with E-state index in [0.29, 0.717) is 15.7 Å². The molecule has 0 bridgehead atoms. The SMILES string of the molecule is CNS(=O)(=O)O[C@@H]1C[C@H](Nc2ncncc2C(=O)c2cc([C@@]3(C)NCCc4ccc(Cl)cc43)cs2)C[C@@H]1O. The Labute approximate surface area is 230 Å². The number of nitrogens with zero attached hydrogens (tertiary/aromatic N) is 2. The van der Waals surface area contributed by atoms with E-state index in [0.717, 1.165) is 24.1 Å². The third-order valence-corrected chi connectivity index (χ3v) is 9.32. The van der Waals surface area contributed by atoms with E-state index < -0.39 is 28.1 Å². The zero-order valence-electron chi connectivity index (χ0n) is 20.8. The van der Waals surface area contributed by atoms with Crippen molar-refractivity contribution in [3.05, 3.63) is 74.3 Å². The quantitative estimate of drug-likeness (QED) is 0.297. The lowest BCUT2D eigenvalue weighted by Crippen LogP contribution is -2.45. The topological polar surface area (TPSA) is 143 Å². The largest absolute Gasteiger partial charge is 0.390 e. The molecule has 2 aromatic heterocycles. The van der Waals surface area contributed by atoms with Crippen LogP contribution in [0.1, 0.15) is 51.7 Å². The number of hydrogen-bond acceptors (Lipinski definition) is 10. The summed E-state index contributed by atoms with van der Waals surface area (Å²) in [5, 5.41) is 19.7. The van der Waals surface area contributed by atoms with E-state index in [1.54, 1.807) is 0 Å². The number of anilines is 1. The van der Waals surface area contributed by atoms with Gasteiger partial charge in [0.2, 0.25) is 5.78 Å². The second-order valence-electron chi connectivity index (χ2n) is 9.59. The van der Waals surface area contributed by atoms with Crippen LogP contribution in [0, 0.1) is 0 Å². The van der Waals surface area contributed by atoms with Crippen LogP contribution in [0.3, 0.4) is 0 Å². The summed E-state index contributed by atoms with van der Waals surface area (Å²) in [7, 11) is -2.72. The molecule has 1 aliphatic carbocycles. The highest BCUT2D eigenvalue weighted by molar-refractivity contribution is 7.84. The Kier molecular flexibility index (Phi) is 7.57. The van der Waals surface area contributed by atoms with E-state index >= 15 is 0 Å². The lowest BCUT2D eigenvalue weighted by molar-refractivity contribution is 0.0636. The first-order valence-electron chi connectivity index (χ1n) is 12.1. The van der Waals surface area contributed by atoms with Crippen molar-refractivity contribution in [3.8, 4) is 0 Å². The van der Waals surface area contributed by atoms with Crippen LogP contribution >= 0.6 is 22.9 Å². The molecule has 202 valence electrons. The fourth-order valence-corrected chi connectivity index (χ4v) is 6.87. The first-order valence-corrected chi connectivity index (χ1v) is 14.8. The molecule has 10 nitrogen and oxygen atoms in total. The van der Waals surface area contributed by atoms with Crippen molar-refractivity contribution in [1.82, 2.24) is 20.0 Å². The highest BCUT2D eigenvalue weighted by Gasteiger charge is 2.38. The minimum atomic E-state index is -3.95. The molecule has 1 fully saturated rings. The number of thiophene rings is 1. The lowest BCUT2D eigenvalue weighted by Gasteiger charge is -2.37. The van der Waals surface area contributed by atoms with Gasteiger partial charge in [-0.2, -0.15) is 13.1 Å². The van der Waals surface area contributed by atoms with Gasteiger partial charge in [-0.05, 0) is 66.5 Å². The number of nitrogens with one attached hydrogen (secondary N) is 3. The average Bonchev–Trinajstić information content (AvgIpc) is 3.52. The van der Waals surface area contributed by atoms with E-state index in [-0.39, 0.29) is 30.2 Å². The van der Waals surface area contributed by atoms with E-state index in [2.05, 4.69) is 38.3 Å². The van der Waals surface area contributed by atoms with Gasteiger partial charge in [0.05, 0.1) is 22.1 Å². The number of fused-ring (bicyclic) bond motifs is 1. The fraction of sp³-hybridized carbons (Fsp3) is 0.400. The van der Waals surface area contributed by atoms with Gasteiger partial charge in [-0.3, -0.25) is 8.98 Å². The van der Waals surface area contributed by atoms with Gasteiger partial charge in [0.15, 0.2) is 0 Å². The van der Waals surface area contributed by atoms with Crippen LogP contribution in [0.15, 0.2) is 42.2 Å². The molecule has 0 radical (unpaired) electrons. The van der Waals surface area contributed by atoms with Crippen molar-refractivity contribution in [2.45, 2.75) is 50.0 Å². The molecule has 0 spiro atoms. The Balaban J connectivity index is 1.36. The summed E-state index contributed by atoms with van der Waals surface area (Å²) in [5.74, 6) is 0.0765. The number of benzene rings is 1. The summed E-state index contributed by atoms with van der Waals surface area (Å²) in [6.45, 7) is 2.90. The average molecular weight is 578 g/mol. The molecule has 1 aromatic carbocycles. The Morgan fingerprint density at radius 1 is 1.32 bits per heavy atom. The maximum atomic E-state index is 13.6. The predicted molar refractivity (Wildman–Crippen MR) is 145 cm³/mol. The zero-order chi connectivity index (χ0) is 27.1. The minimum Gasteiger partial charge on any atom is -0.390 e. The van der Waals surface area contributed by atoms with Crippen molar-refractivity contribution in [1.29, 1.82) is 0 Å². The van der Waals surface area contributed by atoms with Crippen LogP contribution < -0.4 is 15.4 Å². The summed E-state index contributed by atoms with van der Waals surface area (Å²) >= 11 is 7.66. The fourth-order valence-electron chi connectivity index (χ4n) is 5.10. The van der Waals surface area contributed by atoms with E-state index in [1.165, 1.54) is 36.5 Å². The van der Waals surface area contributed by atoms with Gasteiger partial charge in [-0.25, -0.2) is 9.97 Å². The smallest absolute Gasteiger partial charge is 0.335 e. The van der Waals surface area contributed by atoms with Crippen LogP contribution in [0.4, 0.5) is 5.82 Å². The summed E-state index contributed by atoms with van der Waals surface area (Å²) < 4.78 is 30.6. The standard InChI is InChI=1S/C25H28ClN5O5S2/c1-25(19-8-16(26)4-3-14(19)5-6-30-25)15-7-22(37-12-15)23(33)18-11-28-13-29-24(18)31-17-9-20(32)21(10-17)36-38(34,35)27-2/h3-4,7-8,11-13,17,20-21,27,30,32H,5-6,9-10H2,1-2H3,(H,28,29,31)/t17-,20+,21-,25-/m1/s1. The molecule has 13 heteroatoms. The van der Waals surface area contributed by atoms with Crippen LogP contribution in [-0.2, 0) is 26.4 Å². The number of hydrogen-bond donors (Lipinski definition) is 4. The molecule has 1 saturated carbocycles. The van der Waals surface area contributed by atoms with Gasteiger partial charge in [-0.15, -0.1) is 11.3 Å². The molecule has 3 aromatic rings. The molecule has 0 amide bonds. The molecule has 3 heterocycles. The monoisotopic (exact) mass is 577 g/mol. The number of carbonyl (C=O) groups is 1. The number of carbonyl (C=O) groups excluding carboxylic acids is 1. The number of aliphatic hydroxyl groups is 1. The number of ketones is 1. The maximum Gasteiger partial charge on any atom is 0.335 e. The van der Waals surface area contributed by atoms with Crippen LogP contribution in [0.2, 0.25) is 5.02 Å². The number of halogens is 1. The van der Waals surface area contributed by atoms with E-state index in [4.69, 9.17) is 15.8 Å². The molecule has 38 heavy (non-hydrogen) atoms.